The number of carbonyl (C=O) groups is 1. The van der Waals surface area contributed by atoms with Crippen molar-refractivity contribution in [3.8, 4) is 5.69 Å². The maximum absolute atomic E-state index is 12.9. The molecule has 22 heavy (non-hydrogen) atoms. The number of carboxylic acids is 1. The van der Waals surface area contributed by atoms with Crippen molar-refractivity contribution in [2.45, 2.75) is 25.4 Å². The van der Waals surface area contributed by atoms with Gasteiger partial charge in [-0.1, -0.05) is 11.6 Å². The molecule has 116 valence electrons. The quantitative estimate of drug-likeness (QED) is 0.912. The smallest absolute Gasteiger partial charge is 0.416 e. The van der Waals surface area contributed by atoms with Gasteiger partial charge in [0.1, 0.15) is 0 Å². The summed E-state index contributed by atoms with van der Waals surface area (Å²) in [6.45, 7) is 0. The van der Waals surface area contributed by atoms with E-state index in [1.807, 2.05) is 0 Å². The van der Waals surface area contributed by atoms with Crippen molar-refractivity contribution in [3.05, 3.63) is 45.7 Å². The van der Waals surface area contributed by atoms with Crippen molar-refractivity contribution in [2.24, 2.45) is 0 Å². The first-order valence-corrected chi connectivity index (χ1v) is 6.88. The fraction of sp³-hybridized carbons (Fsp3) is 0.286. The molecule has 0 radical (unpaired) electrons. The molecule has 2 aromatic rings. The second kappa shape index (κ2) is 5.01. The van der Waals surface area contributed by atoms with Gasteiger partial charge in [-0.2, -0.15) is 18.3 Å². The fourth-order valence-electron chi connectivity index (χ4n) is 2.66. The van der Waals surface area contributed by atoms with E-state index in [2.05, 4.69) is 5.10 Å². The van der Waals surface area contributed by atoms with Crippen LogP contribution in [0.2, 0.25) is 5.02 Å². The van der Waals surface area contributed by atoms with Crippen molar-refractivity contribution in [2.75, 3.05) is 0 Å². The summed E-state index contributed by atoms with van der Waals surface area (Å²) < 4.78 is 39.8. The summed E-state index contributed by atoms with van der Waals surface area (Å²) >= 11 is 6.00. The fourth-order valence-corrected chi connectivity index (χ4v) is 2.86. The molecule has 1 N–H and O–H groups in total. The summed E-state index contributed by atoms with van der Waals surface area (Å²) in [7, 11) is 0. The largest absolute Gasteiger partial charge is 0.476 e. The number of fused-ring (bicyclic) bond motifs is 1. The van der Waals surface area contributed by atoms with E-state index in [1.165, 1.54) is 4.68 Å². The SMILES string of the molecule is O=C(O)c1nn(-c2cc(C(F)(F)F)ccc2Cl)c2c1CCC2. The van der Waals surface area contributed by atoms with Crippen molar-refractivity contribution < 1.29 is 23.1 Å². The van der Waals surface area contributed by atoms with Gasteiger partial charge in [0.15, 0.2) is 5.69 Å². The van der Waals surface area contributed by atoms with Crippen LogP contribution in [0.1, 0.15) is 33.7 Å². The van der Waals surface area contributed by atoms with Gasteiger partial charge in [-0.3, -0.25) is 0 Å². The van der Waals surface area contributed by atoms with Crippen LogP contribution in [0.25, 0.3) is 5.69 Å². The third kappa shape index (κ3) is 2.35. The number of aromatic nitrogens is 2. The van der Waals surface area contributed by atoms with Gasteiger partial charge in [0.2, 0.25) is 0 Å². The second-order valence-electron chi connectivity index (χ2n) is 5.01. The number of aromatic carboxylic acids is 1. The first-order valence-electron chi connectivity index (χ1n) is 6.50. The standard InChI is InChI=1S/C14H10ClF3N2O2/c15-9-5-4-7(14(16,17)18)6-11(9)20-10-3-1-2-8(10)12(19-20)13(21)22/h4-6H,1-3H2,(H,21,22). The van der Waals surface area contributed by atoms with E-state index in [1.54, 1.807) is 0 Å². The Morgan fingerprint density at radius 2 is 2.05 bits per heavy atom. The lowest BCUT2D eigenvalue weighted by Gasteiger charge is -2.12. The number of halogens is 4. The highest BCUT2D eigenvalue weighted by Gasteiger charge is 2.32. The van der Waals surface area contributed by atoms with E-state index in [-0.39, 0.29) is 16.4 Å². The second-order valence-corrected chi connectivity index (χ2v) is 5.42. The number of carboxylic acid groups (broad SMARTS) is 1. The molecular weight excluding hydrogens is 321 g/mol. The van der Waals surface area contributed by atoms with Crippen molar-refractivity contribution in [3.63, 3.8) is 0 Å². The van der Waals surface area contributed by atoms with Gasteiger partial charge in [0.05, 0.1) is 16.3 Å². The minimum absolute atomic E-state index is 0.0436. The Morgan fingerprint density at radius 3 is 2.68 bits per heavy atom. The number of nitrogens with zero attached hydrogens (tertiary/aromatic N) is 2. The molecule has 0 saturated carbocycles. The van der Waals surface area contributed by atoms with Gasteiger partial charge in [0, 0.05) is 11.3 Å². The van der Waals surface area contributed by atoms with Crippen molar-refractivity contribution in [1.29, 1.82) is 0 Å². The molecule has 0 bridgehead atoms. The van der Waals surface area contributed by atoms with Gasteiger partial charge in [0.25, 0.3) is 0 Å². The Morgan fingerprint density at radius 1 is 1.32 bits per heavy atom. The molecule has 4 nitrogen and oxygen atoms in total. The Labute approximate surface area is 128 Å². The van der Waals surface area contributed by atoms with Gasteiger partial charge in [-0.15, -0.1) is 0 Å². The predicted octanol–water partition coefficient (Wildman–Crippen LogP) is 3.73. The minimum Gasteiger partial charge on any atom is -0.476 e. The highest BCUT2D eigenvalue weighted by molar-refractivity contribution is 6.32. The molecular formula is C14H10ClF3N2O2. The third-order valence-electron chi connectivity index (χ3n) is 3.63. The van der Waals surface area contributed by atoms with Crippen LogP contribution in [0.15, 0.2) is 18.2 Å². The van der Waals surface area contributed by atoms with Crippen LogP contribution in [-0.2, 0) is 19.0 Å². The average molecular weight is 331 g/mol. The molecule has 1 heterocycles. The number of hydrogen-bond donors (Lipinski definition) is 1. The number of hydrogen-bond acceptors (Lipinski definition) is 2. The van der Waals surface area contributed by atoms with E-state index >= 15 is 0 Å². The molecule has 0 aliphatic heterocycles. The zero-order valence-electron chi connectivity index (χ0n) is 11.1. The minimum atomic E-state index is -4.51. The average Bonchev–Trinajstić information content (AvgIpc) is 2.99. The normalized spacial score (nSPS) is 14.2. The molecule has 0 spiro atoms. The van der Waals surface area contributed by atoms with Gasteiger partial charge >= 0.3 is 12.1 Å². The molecule has 0 amide bonds. The third-order valence-corrected chi connectivity index (χ3v) is 3.95. The highest BCUT2D eigenvalue weighted by atomic mass is 35.5. The summed E-state index contributed by atoms with van der Waals surface area (Å²) in [5, 5.41) is 13.2. The Bertz CT molecular complexity index is 768. The van der Waals surface area contributed by atoms with Crippen LogP contribution in [0.4, 0.5) is 13.2 Å². The lowest BCUT2D eigenvalue weighted by Crippen LogP contribution is -2.09. The van der Waals surface area contributed by atoms with E-state index in [9.17, 15) is 23.1 Å². The van der Waals surface area contributed by atoms with Gasteiger partial charge in [-0.05, 0) is 37.5 Å². The lowest BCUT2D eigenvalue weighted by molar-refractivity contribution is -0.137. The molecule has 0 unspecified atom stereocenters. The summed E-state index contributed by atoms with van der Waals surface area (Å²) in [5.41, 5.74) is 0.244. The van der Waals surface area contributed by atoms with Crippen LogP contribution in [0, 0.1) is 0 Å². The maximum Gasteiger partial charge on any atom is 0.416 e. The zero-order valence-corrected chi connectivity index (χ0v) is 11.9. The molecule has 0 atom stereocenters. The van der Waals surface area contributed by atoms with E-state index in [0.29, 0.717) is 24.1 Å². The first-order chi connectivity index (χ1) is 10.3. The zero-order chi connectivity index (χ0) is 16.1. The molecule has 1 aromatic carbocycles. The lowest BCUT2D eigenvalue weighted by atomic mass is 10.2. The Hall–Kier alpha value is -2.02. The summed E-state index contributed by atoms with van der Waals surface area (Å²) in [6, 6.07) is 2.91. The summed E-state index contributed by atoms with van der Waals surface area (Å²) in [4.78, 5) is 11.2. The molecule has 1 aromatic heterocycles. The van der Waals surface area contributed by atoms with Crippen molar-refractivity contribution in [1.82, 2.24) is 9.78 Å². The van der Waals surface area contributed by atoms with E-state index in [0.717, 1.165) is 24.6 Å². The van der Waals surface area contributed by atoms with Gasteiger partial charge in [-0.25, -0.2) is 9.48 Å². The molecule has 1 aliphatic carbocycles. The number of rotatable bonds is 2. The molecule has 8 heteroatoms. The van der Waals surface area contributed by atoms with Crippen LogP contribution >= 0.6 is 11.6 Å². The van der Waals surface area contributed by atoms with Gasteiger partial charge < -0.3 is 5.11 Å². The van der Waals surface area contributed by atoms with Crippen LogP contribution < -0.4 is 0 Å². The maximum atomic E-state index is 12.9. The van der Waals surface area contributed by atoms with Crippen LogP contribution in [0.5, 0.6) is 0 Å². The van der Waals surface area contributed by atoms with E-state index in [4.69, 9.17) is 11.6 Å². The van der Waals surface area contributed by atoms with Crippen molar-refractivity contribution >= 4 is 17.6 Å². The van der Waals surface area contributed by atoms with Crippen LogP contribution in [-0.4, -0.2) is 20.9 Å². The molecule has 0 saturated heterocycles. The number of alkyl halides is 3. The highest BCUT2D eigenvalue weighted by Crippen LogP contribution is 2.35. The topological polar surface area (TPSA) is 55.1 Å². The molecule has 0 fully saturated rings. The predicted molar refractivity (Wildman–Crippen MR) is 72.6 cm³/mol. The Kier molecular flexibility index (Phi) is 3.40. The van der Waals surface area contributed by atoms with E-state index < -0.39 is 17.7 Å². The first kappa shape index (κ1) is 14.9. The monoisotopic (exact) mass is 330 g/mol. The Balaban J connectivity index is 2.20. The number of benzene rings is 1. The molecule has 1 aliphatic rings. The molecule has 3 rings (SSSR count). The summed E-state index contributed by atoms with van der Waals surface area (Å²) in [5.74, 6) is -1.19. The van der Waals surface area contributed by atoms with Crippen LogP contribution in [0.3, 0.4) is 0 Å². The summed E-state index contributed by atoms with van der Waals surface area (Å²) in [6.07, 6.45) is -2.66.